The van der Waals surface area contributed by atoms with Crippen LogP contribution in [0.25, 0.3) is 23.0 Å². The zero-order chi connectivity index (χ0) is 24.5. The number of thioether (sulfide) groups is 1. The van der Waals surface area contributed by atoms with Gasteiger partial charge in [-0.2, -0.15) is 9.40 Å². The number of amides is 1. The van der Waals surface area contributed by atoms with Gasteiger partial charge in [-0.05, 0) is 30.3 Å². The molecule has 0 atom stereocenters. The molecule has 1 aliphatic heterocycles. The Kier molecular flexibility index (Phi) is 7.04. The monoisotopic (exact) mass is 512 g/mol. The van der Waals surface area contributed by atoms with E-state index in [0.717, 1.165) is 5.69 Å². The second-order valence-corrected chi connectivity index (χ2v) is 11.2. The molecule has 2 heterocycles. The van der Waals surface area contributed by atoms with Gasteiger partial charge in [0.15, 0.2) is 0 Å². The number of para-hydroxylation sites is 1. The molecule has 0 aliphatic carbocycles. The molecule has 10 heteroatoms. The van der Waals surface area contributed by atoms with Crippen molar-refractivity contribution in [1.29, 1.82) is 0 Å². The van der Waals surface area contributed by atoms with Crippen molar-refractivity contribution in [3.05, 3.63) is 71.3 Å². The van der Waals surface area contributed by atoms with Gasteiger partial charge in [-0.1, -0.05) is 68.2 Å². The molecule has 7 nitrogen and oxygen atoms in total. The average molecular weight is 513 g/mol. The molecule has 34 heavy (non-hydrogen) atoms. The first-order valence-electron chi connectivity index (χ1n) is 10.7. The van der Waals surface area contributed by atoms with E-state index < -0.39 is 10.0 Å². The van der Waals surface area contributed by atoms with E-state index >= 15 is 0 Å². The van der Waals surface area contributed by atoms with Crippen LogP contribution in [0.1, 0.15) is 19.4 Å². The smallest absolute Gasteiger partial charge is 0.265 e. The highest BCUT2D eigenvalue weighted by Crippen LogP contribution is 2.34. The molecule has 0 bridgehead atoms. The lowest BCUT2D eigenvalue weighted by molar-refractivity contribution is -0.121. The molecule has 3 aromatic rings. The van der Waals surface area contributed by atoms with Crippen molar-refractivity contribution in [3.63, 3.8) is 0 Å². The van der Waals surface area contributed by atoms with Crippen LogP contribution in [0.5, 0.6) is 0 Å². The van der Waals surface area contributed by atoms with Crippen LogP contribution in [0.2, 0.25) is 0 Å². The van der Waals surface area contributed by atoms with Crippen molar-refractivity contribution in [3.8, 4) is 16.9 Å². The maximum absolute atomic E-state index is 13.1. The van der Waals surface area contributed by atoms with E-state index in [1.165, 1.54) is 21.0 Å². The van der Waals surface area contributed by atoms with Gasteiger partial charge in [0, 0.05) is 37.5 Å². The minimum atomic E-state index is -3.63. The first-order chi connectivity index (χ1) is 16.3. The van der Waals surface area contributed by atoms with Crippen LogP contribution in [0, 0.1) is 0 Å². The highest BCUT2D eigenvalue weighted by molar-refractivity contribution is 8.26. The number of hydrogen-bond donors (Lipinski definition) is 0. The molecule has 0 radical (unpaired) electrons. The number of sulfonamides is 1. The lowest BCUT2D eigenvalue weighted by Gasteiger charge is -2.18. The van der Waals surface area contributed by atoms with Gasteiger partial charge >= 0.3 is 0 Å². The van der Waals surface area contributed by atoms with E-state index in [9.17, 15) is 13.2 Å². The molecule has 0 spiro atoms. The number of hydrogen-bond acceptors (Lipinski definition) is 6. The molecule has 0 unspecified atom stereocenters. The number of benzene rings is 2. The molecular formula is C24H24N4O3S3. The normalized spacial score (nSPS) is 15.6. The fourth-order valence-electron chi connectivity index (χ4n) is 3.63. The Hall–Kier alpha value is -2.79. The van der Waals surface area contributed by atoms with Crippen LogP contribution >= 0.6 is 24.0 Å². The fourth-order valence-corrected chi connectivity index (χ4v) is 6.31. The van der Waals surface area contributed by atoms with Gasteiger partial charge < -0.3 is 0 Å². The lowest BCUT2D eigenvalue weighted by atomic mass is 10.1. The zero-order valence-corrected chi connectivity index (χ0v) is 21.5. The van der Waals surface area contributed by atoms with Crippen molar-refractivity contribution in [2.45, 2.75) is 18.7 Å². The van der Waals surface area contributed by atoms with Crippen molar-refractivity contribution in [2.75, 3.05) is 20.1 Å². The minimum absolute atomic E-state index is 0.175. The highest BCUT2D eigenvalue weighted by Gasteiger charge is 2.29. The zero-order valence-electron chi connectivity index (χ0n) is 19.0. The molecule has 2 aromatic carbocycles. The van der Waals surface area contributed by atoms with E-state index in [1.54, 1.807) is 36.0 Å². The summed E-state index contributed by atoms with van der Waals surface area (Å²) in [5.41, 5.74) is 2.75. The summed E-state index contributed by atoms with van der Waals surface area (Å²) in [4.78, 5) is 14.7. The molecule has 1 aliphatic rings. The number of aromatic nitrogens is 2. The van der Waals surface area contributed by atoms with Crippen molar-refractivity contribution >= 4 is 50.3 Å². The quantitative estimate of drug-likeness (QED) is 0.345. The molecular weight excluding hydrogens is 488 g/mol. The molecule has 0 saturated carbocycles. The summed E-state index contributed by atoms with van der Waals surface area (Å²) in [5, 5.41) is 4.76. The van der Waals surface area contributed by atoms with E-state index in [1.807, 2.05) is 56.4 Å². The predicted octanol–water partition coefficient (Wildman–Crippen LogP) is 4.40. The Bertz CT molecular complexity index is 1380. The maximum Gasteiger partial charge on any atom is 0.265 e. The Labute approximate surface area is 209 Å². The summed E-state index contributed by atoms with van der Waals surface area (Å²) in [6.45, 7) is 4.40. The molecule has 0 N–H and O–H groups in total. The summed E-state index contributed by atoms with van der Waals surface area (Å²) >= 11 is 6.49. The van der Waals surface area contributed by atoms with E-state index in [-0.39, 0.29) is 10.8 Å². The van der Waals surface area contributed by atoms with Gasteiger partial charge in [0.25, 0.3) is 5.91 Å². The third kappa shape index (κ3) is 4.58. The van der Waals surface area contributed by atoms with Crippen molar-refractivity contribution < 1.29 is 13.2 Å². The number of rotatable bonds is 7. The minimum Gasteiger partial charge on any atom is -0.296 e. The van der Waals surface area contributed by atoms with Crippen LogP contribution in [-0.2, 0) is 14.8 Å². The number of thiocarbonyl (C=S) groups is 1. The lowest BCUT2D eigenvalue weighted by Crippen LogP contribution is -2.30. The SMILES string of the molecule is CCN(CC)S(=O)(=O)c1cccc(-c2nn(-c3ccccc3)cc2/C=C2\SC(=S)N(C)C2=O)c1. The second-order valence-electron chi connectivity index (χ2n) is 7.57. The molecule has 4 rings (SSSR count). The van der Waals surface area contributed by atoms with Crippen LogP contribution in [0.4, 0.5) is 0 Å². The summed E-state index contributed by atoms with van der Waals surface area (Å²) in [6, 6.07) is 16.3. The van der Waals surface area contributed by atoms with Crippen LogP contribution < -0.4 is 0 Å². The predicted molar refractivity (Wildman–Crippen MR) is 140 cm³/mol. The fraction of sp³-hybridized carbons (Fsp3) is 0.208. The number of carbonyl (C=O) groups is 1. The van der Waals surface area contributed by atoms with Crippen LogP contribution in [0.15, 0.2) is 70.6 Å². The average Bonchev–Trinajstić information content (AvgIpc) is 3.37. The van der Waals surface area contributed by atoms with Gasteiger partial charge in [-0.25, -0.2) is 13.1 Å². The molecule has 176 valence electrons. The second kappa shape index (κ2) is 9.83. The summed E-state index contributed by atoms with van der Waals surface area (Å²) in [6.07, 6.45) is 3.59. The first-order valence-corrected chi connectivity index (χ1v) is 13.4. The Morgan fingerprint density at radius 2 is 1.79 bits per heavy atom. The van der Waals surface area contributed by atoms with Crippen LogP contribution in [0.3, 0.4) is 0 Å². The van der Waals surface area contributed by atoms with Crippen molar-refractivity contribution in [1.82, 2.24) is 19.0 Å². The third-order valence-electron chi connectivity index (χ3n) is 5.49. The van der Waals surface area contributed by atoms with Gasteiger partial charge in [0.1, 0.15) is 10.0 Å². The maximum atomic E-state index is 13.1. The Balaban J connectivity index is 1.86. The third-order valence-corrected chi connectivity index (χ3v) is 9.02. The first kappa shape index (κ1) is 24.3. The molecule has 1 fully saturated rings. The van der Waals surface area contributed by atoms with Gasteiger partial charge in [0.05, 0.1) is 15.5 Å². The number of likely N-dealkylation sites (N-methyl/N-ethyl adjacent to an activating group) is 1. The highest BCUT2D eigenvalue weighted by atomic mass is 32.2. The number of nitrogens with zero attached hydrogens (tertiary/aromatic N) is 4. The Morgan fingerprint density at radius 1 is 1.09 bits per heavy atom. The topological polar surface area (TPSA) is 75.5 Å². The summed E-state index contributed by atoms with van der Waals surface area (Å²) < 4.78 is 29.8. The van der Waals surface area contributed by atoms with Gasteiger partial charge in [-0.15, -0.1) is 0 Å². The Morgan fingerprint density at radius 3 is 2.41 bits per heavy atom. The number of carbonyl (C=O) groups excluding carboxylic acids is 1. The molecule has 1 amide bonds. The van der Waals surface area contributed by atoms with Crippen molar-refractivity contribution in [2.24, 2.45) is 0 Å². The summed E-state index contributed by atoms with van der Waals surface area (Å²) in [7, 11) is -1.99. The van der Waals surface area contributed by atoms with E-state index in [2.05, 4.69) is 0 Å². The summed E-state index contributed by atoms with van der Waals surface area (Å²) in [5.74, 6) is -0.175. The molecule has 1 saturated heterocycles. The van der Waals surface area contributed by atoms with E-state index in [0.29, 0.717) is 39.1 Å². The van der Waals surface area contributed by atoms with Crippen LogP contribution in [-0.4, -0.2) is 57.8 Å². The van der Waals surface area contributed by atoms with Gasteiger partial charge in [0.2, 0.25) is 10.0 Å². The standard InChI is InChI=1S/C24H24N4O3S3/c1-4-27(5-2)34(30,31)20-13-9-10-17(14-20)22-18(15-21-23(29)26(3)24(32)33-21)16-28(25-22)19-11-7-6-8-12-19/h6-16H,4-5H2,1-3H3/b21-15-. The largest absolute Gasteiger partial charge is 0.296 e. The molecule has 1 aromatic heterocycles. The van der Waals surface area contributed by atoms with E-state index in [4.69, 9.17) is 17.3 Å². The van der Waals surface area contributed by atoms with Gasteiger partial charge in [-0.3, -0.25) is 9.69 Å².